The van der Waals surface area contributed by atoms with Crippen LogP contribution in [-0.4, -0.2) is 15.9 Å². The monoisotopic (exact) mass is 277 g/mol. The van der Waals surface area contributed by atoms with Crippen molar-refractivity contribution in [1.82, 2.24) is 4.98 Å². The molecule has 1 N–H and O–H groups in total. The van der Waals surface area contributed by atoms with Crippen molar-refractivity contribution in [3.05, 3.63) is 28.3 Å². The Morgan fingerprint density at radius 2 is 2.20 bits per heavy atom. The Morgan fingerprint density at radius 3 is 2.85 bits per heavy atom. The number of non-ortho nitro benzene ring substituents is 1. The molecule has 0 spiro atoms. The number of anilines is 1. The highest BCUT2D eigenvalue weighted by molar-refractivity contribution is 5.77. The molecular weight excluding hydrogens is 258 g/mol. The Bertz CT molecular complexity index is 609. The van der Waals surface area contributed by atoms with Gasteiger partial charge in [-0.25, -0.2) is 0 Å². The number of hydrogen-bond acceptors (Lipinski definition) is 5. The molecule has 2 aromatic rings. The van der Waals surface area contributed by atoms with E-state index in [1.54, 1.807) is 6.07 Å². The molecule has 0 aliphatic heterocycles. The summed E-state index contributed by atoms with van der Waals surface area (Å²) in [5.41, 5.74) is 1.07. The fourth-order valence-electron chi connectivity index (χ4n) is 2.13. The summed E-state index contributed by atoms with van der Waals surface area (Å²) in [6.07, 6.45) is 2.15. The van der Waals surface area contributed by atoms with Gasteiger partial charge in [-0.1, -0.05) is 20.3 Å². The molecule has 0 aliphatic rings. The van der Waals surface area contributed by atoms with Gasteiger partial charge in [-0.3, -0.25) is 10.1 Å². The molecule has 0 amide bonds. The number of fused-ring (bicyclic) bond motifs is 1. The van der Waals surface area contributed by atoms with E-state index in [9.17, 15) is 10.1 Å². The first-order valence-corrected chi connectivity index (χ1v) is 6.81. The van der Waals surface area contributed by atoms with Gasteiger partial charge in [0.2, 0.25) is 0 Å². The van der Waals surface area contributed by atoms with E-state index in [4.69, 9.17) is 4.42 Å². The van der Waals surface area contributed by atoms with Crippen molar-refractivity contribution in [2.75, 3.05) is 5.32 Å². The third-order valence-corrected chi connectivity index (χ3v) is 3.40. The minimum atomic E-state index is -0.438. The van der Waals surface area contributed by atoms with Crippen LogP contribution < -0.4 is 5.32 Å². The molecule has 1 aromatic heterocycles. The lowest BCUT2D eigenvalue weighted by Crippen LogP contribution is -2.18. The minimum absolute atomic E-state index is 0.0185. The quantitative estimate of drug-likeness (QED) is 0.638. The molecule has 2 atom stereocenters. The SMILES string of the molecule is CCC(C)CC(C)Nc1nc2cc([N+](=O)[O-])ccc2o1. The summed E-state index contributed by atoms with van der Waals surface area (Å²) in [4.78, 5) is 14.5. The number of hydrogen-bond donors (Lipinski definition) is 1. The van der Waals surface area contributed by atoms with Gasteiger partial charge in [0.15, 0.2) is 5.58 Å². The van der Waals surface area contributed by atoms with Crippen LogP contribution in [-0.2, 0) is 0 Å². The van der Waals surface area contributed by atoms with E-state index in [0.29, 0.717) is 23.0 Å². The van der Waals surface area contributed by atoms with Crippen LogP contribution in [0, 0.1) is 16.0 Å². The first-order valence-electron chi connectivity index (χ1n) is 6.81. The zero-order valence-electron chi connectivity index (χ0n) is 11.9. The van der Waals surface area contributed by atoms with Crippen molar-refractivity contribution in [3.63, 3.8) is 0 Å². The van der Waals surface area contributed by atoms with E-state index in [2.05, 4.69) is 31.1 Å². The van der Waals surface area contributed by atoms with Gasteiger partial charge < -0.3 is 9.73 Å². The first kappa shape index (κ1) is 14.3. The van der Waals surface area contributed by atoms with Crippen LogP contribution in [0.4, 0.5) is 11.7 Å². The second-order valence-corrected chi connectivity index (χ2v) is 5.22. The zero-order chi connectivity index (χ0) is 14.7. The van der Waals surface area contributed by atoms with Gasteiger partial charge >= 0.3 is 0 Å². The van der Waals surface area contributed by atoms with E-state index in [1.165, 1.54) is 12.1 Å². The highest BCUT2D eigenvalue weighted by Crippen LogP contribution is 2.24. The van der Waals surface area contributed by atoms with E-state index in [-0.39, 0.29) is 11.7 Å². The summed E-state index contributed by atoms with van der Waals surface area (Å²) in [7, 11) is 0. The maximum atomic E-state index is 10.7. The average Bonchev–Trinajstić information content (AvgIpc) is 2.78. The third-order valence-electron chi connectivity index (χ3n) is 3.40. The van der Waals surface area contributed by atoms with Crippen LogP contribution in [0.25, 0.3) is 11.1 Å². The predicted molar refractivity (Wildman–Crippen MR) is 77.8 cm³/mol. The van der Waals surface area contributed by atoms with E-state index >= 15 is 0 Å². The summed E-state index contributed by atoms with van der Waals surface area (Å²) < 4.78 is 5.54. The zero-order valence-corrected chi connectivity index (χ0v) is 11.9. The minimum Gasteiger partial charge on any atom is -0.424 e. The number of nitrogens with one attached hydrogen (secondary N) is 1. The smallest absolute Gasteiger partial charge is 0.295 e. The number of nitro groups is 1. The molecule has 6 heteroatoms. The summed E-state index contributed by atoms with van der Waals surface area (Å²) >= 11 is 0. The molecule has 0 radical (unpaired) electrons. The molecule has 0 bridgehead atoms. The van der Waals surface area contributed by atoms with Crippen LogP contribution in [0.1, 0.15) is 33.6 Å². The largest absolute Gasteiger partial charge is 0.424 e. The van der Waals surface area contributed by atoms with E-state index < -0.39 is 4.92 Å². The molecule has 2 rings (SSSR count). The van der Waals surface area contributed by atoms with Crippen LogP contribution in [0.2, 0.25) is 0 Å². The molecule has 0 aliphatic carbocycles. The maximum absolute atomic E-state index is 10.7. The van der Waals surface area contributed by atoms with Crippen LogP contribution >= 0.6 is 0 Å². The number of rotatable bonds is 6. The lowest BCUT2D eigenvalue weighted by atomic mass is 10.0. The second-order valence-electron chi connectivity index (χ2n) is 5.22. The Balaban J connectivity index is 2.13. The summed E-state index contributed by atoms with van der Waals surface area (Å²) in [6, 6.07) is 5.07. The number of nitrogens with zero attached hydrogens (tertiary/aromatic N) is 2. The highest BCUT2D eigenvalue weighted by Gasteiger charge is 2.14. The Hall–Kier alpha value is -2.11. The van der Waals surface area contributed by atoms with Gasteiger partial charge in [-0.2, -0.15) is 4.98 Å². The van der Waals surface area contributed by atoms with Crippen LogP contribution in [0.5, 0.6) is 0 Å². The molecule has 20 heavy (non-hydrogen) atoms. The summed E-state index contributed by atoms with van der Waals surface area (Å²) in [5.74, 6) is 0.628. The summed E-state index contributed by atoms with van der Waals surface area (Å²) in [5, 5.41) is 13.9. The van der Waals surface area contributed by atoms with Crippen LogP contribution in [0.15, 0.2) is 22.6 Å². The summed E-state index contributed by atoms with van der Waals surface area (Å²) in [6.45, 7) is 6.44. The first-order chi connectivity index (χ1) is 9.49. The van der Waals surface area contributed by atoms with Crippen LogP contribution in [0.3, 0.4) is 0 Å². The Kier molecular flexibility index (Phi) is 4.22. The third kappa shape index (κ3) is 3.26. The van der Waals surface area contributed by atoms with Gasteiger partial charge in [0.1, 0.15) is 5.52 Å². The maximum Gasteiger partial charge on any atom is 0.295 e. The molecule has 6 nitrogen and oxygen atoms in total. The molecule has 0 saturated carbocycles. The molecule has 1 heterocycles. The predicted octanol–water partition coefficient (Wildman–Crippen LogP) is 3.97. The molecule has 2 unspecified atom stereocenters. The molecule has 0 saturated heterocycles. The fourth-order valence-corrected chi connectivity index (χ4v) is 2.13. The van der Waals surface area contributed by atoms with Gasteiger partial charge in [-0.15, -0.1) is 0 Å². The van der Waals surface area contributed by atoms with E-state index in [1.807, 2.05) is 0 Å². The Morgan fingerprint density at radius 1 is 1.45 bits per heavy atom. The lowest BCUT2D eigenvalue weighted by molar-refractivity contribution is -0.384. The molecule has 108 valence electrons. The van der Waals surface area contributed by atoms with Crippen molar-refractivity contribution >= 4 is 22.8 Å². The normalized spacial score (nSPS) is 14.2. The van der Waals surface area contributed by atoms with Crippen molar-refractivity contribution in [3.8, 4) is 0 Å². The number of benzene rings is 1. The topological polar surface area (TPSA) is 81.2 Å². The molecular formula is C14H19N3O3. The molecule has 0 fully saturated rings. The van der Waals surface area contributed by atoms with Gasteiger partial charge in [0.05, 0.1) is 4.92 Å². The van der Waals surface area contributed by atoms with Crippen molar-refractivity contribution in [2.45, 2.75) is 39.7 Å². The average molecular weight is 277 g/mol. The number of nitro benzene ring substituents is 1. The van der Waals surface area contributed by atoms with Crippen molar-refractivity contribution in [2.24, 2.45) is 5.92 Å². The van der Waals surface area contributed by atoms with Gasteiger partial charge in [0, 0.05) is 18.2 Å². The Labute approximate surface area is 117 Å². The van der Waals surface area contributed by atoms with Crippen molar-refractivity contribution < 1.29 is 9.34 Å². The lowest BCUT2D eigenvalue weighted by Gasteiger charge is -2.15. The fraction of sp³-hybridized carbons (Fsp3) is 0.500. The standard InChI is InChI=1S/C14H19N3O3/c1-4-9(2)7-10(3)15-14-16-12-8-11(17(18)19)5-6-13(12)20-14/h5-6,8-10H,4,7H2,1-3H3,(H,15,16). The van der Waals surface area contributed by atoms with Gasteiger partial charge in [-0.05, 0) is 25.3 Å². The molecule has 1 aromatic carbocycles. The van der Waals surface area contributed by atoms with E-state index in [0.717, 1.165) is 12.8 Å². The number of aromatic nitrogens is 1. The van der Waals surface area contributed by atoms with Crippen molar-refractivity contribution in [1.29, 1.82) is 0 Å². The van der Waals surface area contributed by atoms with Gasteiger partial charge in [0.25, 0.3) is 11.7 Å². The highest BCUT2D eigenvalue weighted by atomic mass is 16.6. The second kappa shape index (κ2) is 5.90. The number of oxazole rings is 1.